The number of halogens is 1. The van der Waals surface area contributed by atoms with Gasteiger partial charge in [-0.1, -0.05) is 30.3 Å². The summed E-state index contributed by atoms with van der Waals surface area (Å²) in [5.74, 6) is 1.27. The van der Waals surface area contributed by atoms with E-state index in [0.717, 1.165) is 11.1 Å². The first-order valence-corrected chi connectivity index (χ1v) is 7.46. The zero-order valence-electron chi connectivity index (χ0n) is 12.4. The van der Waals surface area contributed by atoms with Crippen LogP contribution in [0, 0.1) is 0 Å². The number of ether oxygens (including phenoxy) is 2. The standard InChI is InChI=1S/C17H19BrO3/c1-17(19,11-12-7-5-4-6-8-12)13-9-10-14(20-2)15(18)16(13)21-3/h4-10,19H,11H2,1-3H3. The molecule has 0 fully saturated rings. The molecule has 3 nitrogen and oxygen atoms in total. The summed E-state index contributed by atoms with van der Waals surface area (Å²) in [7, 11) is 3.18. The molecule has 0 aliphatic heterocycles. The normalized spacial score (nSPS) is 13.6. The van der Waals surface area contributed by atoms with Gasteiger partial charge in [-0.05, 0) is 40.5 Å². The lowest BCUT2D eigenvalue weighted by Gasteiger charge is -2.27. The summed E-state index contributed by atoms with van der Waals surface area (Å²) < 4.78 is 11.4. The molecule has 0 amide bonds. The van der Waals surface area contributed by atoms with E-state index in [9.17, 15) is 5.11 Å². The summed E-state index contributed by atoms with van der Waals surface area (Å²) >= 11 is 3.47. The zero-order chi connectivity index (χ0) is 15.5. The first-order chi connectivity index (χ1) is 9.99. The summed E-state index contributed by atoms with van der Waals surface area (Å²) in [5, 5.41) is 10.9. The van der Waals surface area contributed by atoms with E-state index in [1.165, 1.54) is 0 Å². The Kier molecular flexibility index (Phi) is 4.91. The fourth-order valence-electron chi connectivity index (χ4n) is 2.41. The number of aliphatic hydroxyl groups is 1. The third kappa shape index (κ3) is 3.39. The Bertz CT molecular complexity index is 609. The van der Waals surface area contributed by atoms with E-state index in [1.54, 1.807) is 21.1 Å². The molecule has 1 atom stereocenters. The van der Waals surface area contributed by atoms with Gasteiger partial charge >= 0.3 is 0 Å². The van der Waals surface area contributed by atoms with Crippen molar-refractivity contribution in [3.63, 3.8) is 0 Å². The summed E-state index contributed by atoms with van der Waals surface area (Å²) in [4.78, 5) is 0. The van der Waals surface area contributed by atoms with Crippen molar-refractivity contribution in [3.05, 3.63) is 58.1 Å². The van der Waals surface area contributed by atoms with Gasteiger partial charge in [-0.25, -0.2) is 0 Å². The third-order valence-electron chi connectivity index (χ3n) is 3.46. The SMILES string of the molecule is COc1ccc(C(C)(O)Cc2ccccc2)c(OC)c1Br. The maximum atomic E-state index is 10.9. The van der Waals surface area contributed by atoms with Crippen molar-refractivity contribution < 1.29 is 14.6 Å². The molecule has 2 aromatic carbocycles. The fraction of sp³-hybridized carbons (Fsp3) is 0.294. The highest BCUT2D eigenvalue weighted by Gasteiger charge is 2.29. The molecule has 112 valence electrons. The van der Waals surface area contributed by atoms with Crippen molar-refractivity contribution in [2.45, 2.75) is 18.9 Å². The summed E-state index contributed by atoms with van der Waals surface area (Å²) in [6.45, 7) is 1.79. The topological polar surface area (TPSA) is 38.7 Å². The van der Waals surface area contributed by atoms with Crippen LogP contribution in [-0.4, -0.2) is 19.3 Å². The molecule has 1 unspecified atom stereocenters. The van der Waals surface area contributed by atoms with Crippen molar-refractivity contribution in [1.29, 1.82) is 0 Å². The number of hydrogen-bond acceptors (Lipinski definition) is 3. The first kappa shape index (κ1) is 15.9. The van der Waals surface area contributed by atoms with Crippen LogP contribution in [0.3, 0.4) is 0 Å². The van der Waals surface area contributed by atoms with Gasteiger partial charge in [0.2, 0.25) is 0 Å². The van der Waals surface area contributed by atoms with E-state index in [2.05, 4.69) is 15.9 Å². The molecule has 0 aliphatic carbocycles. The van der Waals surface area contributed by atoms with E-state index in [-0.39, 0.29) is 0 Å². The Hall–Kier alpha value is -1.52. The Morgan fingerprint density at radius 3 is 2.29 bits per heavy atom. The minimum atomic E-state index is -1.04. The molecule has 1 N–H and O–H groups in total. The fourth-order valence-corrected chi connectivity index (χ4v) is 3.08. The average Bonchev–Trinajstić information content (AvgIpc) is 2.47. The smallest absolute Gasteiger partial charge is 0.142 e. The molecule has 2 rings (SSSR count). The van der Waals surface area contributed by atoms with Gasteiger partial charge in [0.25, 0.3) is 0 Å². The van der Waals surface area contributed by atoms with Crippen molar-refractivity contribution in [2.24, 2.45) is 0 Å². The number of methoxy groups -OCH3 is 2. The maximum absolute atomic E-state index is 10.9. The molecule has 2 aromatic rings. The van der Waals surface area contributed by atoms with E-state index in [1.807, 2.05) is 42.5 Å². The van der Waals surface area contributed by atoms with E-state index >= 15 is 0 Å². The minimum Gasteiger partial charge on any atom is -0.495 e. The lowest BCUT2D eigenvalue weighted by Crippen LogP contribution is -2.25. The van der Waals surface area contributed by atoms with Gasteiger partial charge in [0.1, 0.15) is 16.0 Å². The lowest BCUT2D eigenvalue weighted by molar-refractivity contribution is 0.0548. The Morgan fingerprint density at radius 1 is 1.05 bits per heavy atom. The van der Waals surface area contributed by atoms with Crippen LogP contribution in [0.25, 0.3) is 0 Å². The molecular formula is C17H19BrO3. The van der Waals surface area contributed by atoms with Crippen LogP contribution in [0.2, 0.25) is 0 Å². The van der Waals surface area contributed by atoms with Crippen LogP contribution in [0.4, 0.5) is 0 Å². The highest BCUT2D eigenvalue weighted by molar-refractivity contribution is 9.10. The van der Waals surface area contributed by atoms with E-state index < -0.39 is 5.60 Å². The molecule has 0 aromatic heterocycles. The van der Waals surface area contributed by atoms with Crippen molar-refractivity contribution >= 4 is 15.9 Å². The maximum Gasteiger partial charge on any atom is 0.142 e. The van der Waals surface area contributed by atoms with Crippen LogP contribution in [0.15, 0.2) is 46.9 Å². The lowest BCUT2D eigenvalue weighted by atomic mass is 9.88. The van der Waals surface area contributed by atoms with Crippen LogP contribution < -0.4 is 9.47 Å². The highest BCUT2D eigenvalue weighted by Crippen LogP contribution is 2.42. The molecule has 0 bridgehead atoms. The van der Waals surface area contributed by atoms with Crippen molar-refractivity contribution in [3.8, 4) is 11.5 Å². The minimum absolute atomic E-state index is 0.503. The third-order valence-corrected chi connectivity index (χ3v) is 4.21. The van der Waals surface area contributed by atoms with Crippen molar-refractivity contribution in [2.75, 3.05) is 14.2 Å². The van der Waals surface area contributed by atoms with Gasteiger partial charge in [-0.3, -0.25) is 0 Å². The average molecular weight is 351 g/mol. The van der Waals surface area contributed by atoms with Crippen LogP contribution in [-0.2, 0) is 12.0 Å². The molecular weight excluding hydrogens is 332 g/mol. The molecule has 0 heterocycles. The number of rotatable bonds is 5. The predicted octanol–water partition coefficient (Wildman–Crippen LogP) is 3.92. The molecule has 4 heteroatoms. The van der Waals surface area contributed by atoms with Gasteiger partial charge in [0, 0.05) is 12.0 Å². The zero-order valence-corrected chi connectivity index (χ0v) is 14.0. The van der Waals surface area contributed by atoms with Gasteiger partial charge < -0.3 is 14.6 Å². The Morgan fingerprint density at radius 2 is 1.71 bits per heavy atom. The Balaban J connectivity index is 2.42. The molecule has 0 aliphatic rings. The Labute approximate surface area is 133 Å². The van der Waals surface area contributed by atoms with Crippen LogP contribution in [0.1, 0.15) is 18.1 Å². The quantitative estimate of drug-likeness (QED) is 0.888. The second-order valence-electron chi connectivity index (χ2n) is 5.10. The van der Waals surface area contributed by atoms with E-state index in [4.69, 9.17) is 9.47 Å². The molecule has 0 saturated carbocycles. The van der Waals surface area contributed by atoms with Crippen molar-refractivity contribution in [1.82, 2.24) is 0 Å². The summed E-state index contributed by atoms with van der Waals surface area (Å²) in [6.07, 6.45) is 0.503. The monoisotopic (exact) mass is 350 g/mol. The van der Waals surface area contributed by atoms with Gasteiger partial charge in [-0.15, -0.1) is 0 Å². The van der Waals surface area contributed by atoms with Gasteiger partial charge in [0.15, 0.2) is 0 Å². The molecule has 0 radical (unpaired) electrons. The predicted molar refractivity (Wildman–Crippen MR) is 87.0 cm³/mol. The first-order valence-electron chi connectivity index (χ1n) is 6.67. The second-order valence-corrected chi connectivity index (χ2v) is 5.89. The van der Waals surface area contributed by atoms with Crippen LogP contribution >= 0.6 is 15.9 Å². The van der Waals surface area contributed by atoms with Crippen LogP contribution in [0.5, 0.6) is 11.5 Å². The highest BCUT2D eigenvalue weighted by atomic mass is 79.9. The van der Waals surface area contributed by atoms with Gasteiger partial charge in [0.05, 0.1) is 19.8 Å². The van der Waals surface area contributed by atoms with Gasteiger partial charge in [-0.2, -0.15) is 0 Å². The number of hydrogen-bond donors (Lipinski definition) is 1. The summed E-state index contributed by atoms with van der Waals surface area (Å²) in [6, 6.07) is 13.5. The molecule has 0 saturated heterocycles. The largest absolute Gasteiger partial charge is 0.495 e. The number of benzene rings is 2. The molecule has 0 spiro atoms. The molecule has 21 heavy (non-hydrogen) atoms. The summed E-state index contributed by atoms with van der Waals surface area (Å²) in [5.41, 5.74) is 0.750. The second kappa shape index (κ2) is 6.50. The van der Waals surface area contributed by atoms with E-state index in [0.29, 0.717) is 22.4 Å².